The van der Waals surface area contributed by atoms with Gasteiger partial charge in [0.2, 0.25) is 5.91 Å². The van der Waals surface area contributed by atoms with Gasteiger partial charge in [-0.3, -0.25) is 4.79 Å². The van der Waals surface area contributed by atoms with Crippen molar-refractivity contribution in [1.82, 2.24) is 14.9 Å². The van der Waals surface area contributed by atoms with Gasteiger partial charge in [-0.25, -0.2) is 4.98 Å². The van der Waals surface area contributed by atoms with Crippen molar-refractivity contribution in [3.63, 3.8) is 0 Å². The van der Waals surface area contributed by atoms with E-state index < -0.39 is 0 Å². The first-order valence-corrected chi connectivity index (χ1v) is 8.53. The number of benzene rings is 1. The molecule has 1 atom stereocenters. The largest absolute Gasteiger partial charge is 0.342 e. The quantitative estimate of drug-likeness (QED) is 0.904. The highest BCUT2D eigenvalue weighted by Gasteiger charge is 2.23. The molecular weight excluding hydrogens is 310 g/mol. The third-order valence-electron chi connectivity index (χ3n) is 4.57. The number of hydrogen-bond acceptors (Lipinski definition) is 2. The molecule has 0 spiro atoms. The SMILES string of the molecule is Cn1ccnc1[C@H](NC(=O)CC1CCCC1)c1ccc(Cl)cc1. The Labute approximate surface area is 141 Å². The average Bonchev–Trinajstić information content (AvgIpc) is 3.18. The molecule has 1 aromatic carbocycles. The van der Waals surface area contributed by atoms with E-state index in [1.54, 1.807) is 6.20 Å². The van der Waals surface area contributed by atoms with Crippen molar-refractivity contribution in [3.8, 4) is 0 Å². The summed E-state index contributed by atoms with van der Waals surface area (Å²) >= 11 is 5.98. The summed E-state index contributed by atoms with van der Waals surface area (Å²) in [4.78, 5) is 16.9. The molecule has 1 aliphatic carbocycles. The first kappa shape index (κ1) is 16.1. The molecule has 0 aliphatic heterocycles. The third kappa shape index (κ3) is 3.94. The average molecular weight is 332 g/mol. The van der Waals surface area contributed by atoms with Gasteiger partial charge in [0.25, 0.3) is 0 Å². The molecule has 1 amide bonds. The molecule has 0 bridgehead atoms. The van der Waals surface area contributed by atoms with Gasteiger partial charge >= 0.3 is 0 Å². The van der Waals surface area contributed by atoms with Gasteiger partial charge in [0, 0.05) is 30.9 Å². The fourth-order valence-electron chi connectivity index (χ4n) is 3.30. The fraction of sp³-hybridized carbons (Fsp3) is 0.444. The normalized spacial score (nSPS) is 16.4. The van der Waals surface area contributed by atoms with Crippen LogP contribution < -0.4 is 5.32 Å². The topological polar surface area (TPSA) is 46.9 Å². The van der Waals surface area contributed by atoms with Crippen molar-refractivity contribution in [2.75, 3.05) is 0 Å². The maximum Gasteiger partial charge on any atom is 0.221 e. The summed E-state index contributed by atoms with van der Waals surface area (Å²) in [6.07, 6.45) is 9.08. The maximum atomic E-state index is 12.5. The molecule has 1 aliphatic rings. The second-order valence-electron chi connectivity index (χ2n) is 6.30. The van der Waals surface area contributed by atoms with Crippen LogP contribution in [0.4, 0.5) is 0 Å². The molecule has 1 fully saturated rings. The highest BCUT2D eigenvalue weighted by molar-refractivity contribution is 6.30. The molecule has 0 saturated heterocycles. The van der Waals surface area contributed by atoms with Gasteiger partial charge in [-0.1, -0.05) is 36.6 Å². The lowest BCUT2D eigenvalue weighted by atomic mass is 10.0. The molecule has 1 aromatic heterocycles. The summed E-state index contributed by atoms with van der Waals surface area (Å²) in [5.74, 6) is 1.45. The van der Waals surface area contributed by atoms with Gasteiger partial charge in [-0.15, -0.1) is 0 Å². The number of amides is 1. The number of carbonyl (C=O) groups excluding carboxylic acids is 1. The number of aromatic nitrogens is 2. The van der Waals surface area contributed by atoms with E-state index in [0.717, 1.165) is 11.4 Å². The minimum absolute atomic E-state index is 0.0971. The Hall–Kier alpha value is -1.81. The van der Waals surface area contributed by atoms with Crippen LogP contribution in [0.1, 0.15) is 49.5 Å². The fourth-order valence-corrected chi connectivity index (χ4v) is 3.43. The van der Waals surface area contributed by atoms with Crippen LogP contribution in [0.2, 0.25) is 5.02 Å². The number of halogens is 1. The van der Waals surface area contributed by atoms with Crippen LogP contribution in [-0.4, -0.2) is 15.5 Å². The van der Waals surface area contributed by atoms with Gasteiger partial charge in [0.05, 0.1) is 0 Å². The van der Waals surface area contributed by atoms with Gasteiger partial charge in [-0.05, 0) is 36.5 Å². The van der Waals surface area contributed by atoms with E-state index in [9.17, 15) is 4.79 Å². The van der Waals surface area contributed by atoms with Crippen LogP contribution in [0.15, 0.2) is 36.7 Å². The zero-order valence-corrected chi connectivity index (χ0v) is 14.1. The molecule has 122 valence electrons. The smallest absolute Gasteiger partial charge is 0.221 e. The Bertz CT molecular complexity index is 659. The van der Waals surface area contributed by atoms with E-state index in [-0.39, 0.29) is 11.9 Å². The number of hydrogen-bond donors (Lipinski definition) is 1. The molecule has 0 unspecified atom stereocenters. The molecule has 4 nitrogen and oxygen atoms in total. The minimum Gasteiger partial charge on any atom is -0.342 e. The summed E-state index contributed by atoms with van der Waals surface area (Å²) in [5.41, 5.74) is 0.989. The molecule has 1 saturated carbocycles. The van der Waals surface area contributed by atoms with Gasteiger partial charge < -0.3 is 9.88 Å². The van der Waals surface area contributed by atoms with E-state index in [2.05, 4.69) is 10.3 Å². The van der Waals surface area contributed by atoms with Crippen molar-refractivity contribution >= 4 is 17.5 Å². The van der Waals surface area contributed by atoms with Gasteiger partial charge in [0.1, 0.15) is 11.9 Å². The summed E-state index contributed by atoms with van der Waals surface area (Å²) in [5, 5.41) is 3.84. The molecule has 2 aromatic rings. The second-order valence-corrected chi connectivity index (χ2v) is 6.74. The molecule has 0 radical (unpaired) electrons. The monoisotopic (exact) mass is 331 g/mol. The number of carbonyl (C=O) groups is 1. The molecular formula is C18H22ClN3O. The first-order chi connectivity index (χ1) is 11.1. The van der Waals surface area contributed by atoms with Gasteiger partial charge in [0.15, 0.2) is 0 Å². The standard InChI is InChI=1S/C18H22ClN3O/c1-22-11-10-20-18(22)17(14-6-8-15(19)9-7-14)21-16(23)12-13-4-2-3-5-13/h6-11,13,17H,2-5,12H2,1H3,(H,21,23)/t17-/m1/s1. The lowest BCUT2D eigenvalue weighted by molar-refractivity contribution is -0.122. The van der Waals surface area contributed by atoms with E-state index >= 15 is 0 Å². The highest BCUT2D eigenvalue weighted by Crippen LogP contribution is 2.28. The lowest BCUT2D eigenvalue weighted by Gasteiger charge is -2.20. The van der Waals surface area contributed by atoms with Crippen LogP contribution in [0.5, 0.6) is 0 Å². The van der Waals surface area contributed by atoms with Crippen LogP contribution in [0.3, 0.4) is 0 Å². The van der Waals surface area contributed by atoms with Crippen LogP contribution >= 0.6 is 11.6 Å². The second kappa shape index (κ2) is 7.18. The van der Waals surface area contributed by atoms with Crippen LogP contribution in [0, 0.1) is 5.92 Å². The lowest BCUT2D eigenvalue weighted by Crippen LogP contribution is -2.32. The summed E-state index contributed by atoms with van der Waals surface area (Å²) in [6, 6.07) is 7.32. The van der Waals surface area contributed by atoms with Crippen molar-refractivity contribution < 1.29 is 4.79 Å². The molecule has 5 heteroatoms. The summed E-state index contributed by atoms with van der Waals surface area (Å²) in [6.45, 7) is 0. The number of nitrogens with one attached hydrogen (secondary N) is 1. The third-order valence-corrected chi connectivity index (χ3v) is 4.83. The minimum atomic E-state index is -0.249. The zero-order valence-electron chi connectivity index (χ0n) is 13.3. The summed E-state index contributed by atoms with van der Waals surface area (Å²) in [7, 11) is 1.94. The Morgan fingerprint density at radius 3 is 2.65 bits per heavy atom. The Balaban J connectivity index is 1.79. The number of nitrogens with zero attached hydrogens (tertiary/aromatic N) is 2. The summed E-state index contributed by atoms with van der Waals surface area (Å²) < 4.78 is 1.94. The Kier molecular flexibility index (Phi) is 5.01. The Morgan fingerprint density at radius 1 is 1.35 bits per heavy atom. The van der Waals surface area contributed by atoms with E-state index in [1.165, 1.54) is 25.7 Å². The highest BCUT2D eigenvalue weighted by atomic mass is 35.5. The van der Waals surface area contributed by atoms with E-state index in [1.807, 2.05) is 42.1 Å². The van der Waals surface area contributed by atoms with E-state index in [4.69, 9.17) is 11.6 Å². The van der Waals surface area contributed by atoms with Crippen LogP contribution in [-0.2, 0) is 11.8 Å². The van der Waals surface area contributed by atoms with E-state index in [0.29, 0.717) is 17.4 Å². The zero-order chi connectivity index (χ0) is 16.2. The van der Waals surface area contributed by atoms with Crippen molar-refractivity contribution in [2.24, 2.45) is 13.0 Å². The maximum absolute atomic E-state index is 12.5. The van der Waals surface area contributed by atoms with Crippen molar-refractivity contribution in [3.05, 3.63) is 53.1 Å². The first-order valence-electron chi connectivity index (χ1n) is 8.15. The molecule has 3 rings (SSSR count). The molecule has 1 N–H and O–H groups in total. The van der Waals surface area contributed by atoms with Crippen molar-refractivity contribution in [2.45, 2.75) is 38.1 Å². The van der Waals surface area contributed by atoms with Gasteiger partial charge in [-0.2, -0.15) is 0 Å². The predicted octanol–water partition coefficient (Wildman–Crippen LogP) is 3.86. The molecule has 23 heavy (non-hydrogen) atoms. The number of aryl methyl sites for hydroxylation is 1. The molecule has 1 heterocycles. The number of imidazole rings is 1. The predicted molar refractivity (Wildman–Crippen MR) is 91.2 cm³/mol. The Morgan fingerprint density at radius 2 is 2.04 bits per heavy atom. The number of rotatable bonds is 5. The van der Waals surface area contributed by atoms with Crippen LogP contribution in [0.25, 0.3) is 0 Å². The van der Waals surface area contributed by atoms with Crippen molar-refractivity contribution in [1.29, 1.82) is 0 Å².